The summed E-state index contributed by atoms with van der Waals surface area (Å²) in [5, 5.41) is 6.93. The molecule has 0 spiro atoms. The summed E-state index contributed by atoms with van der Waals surface area (Å²) in [5.41, 5.74) is 0. The van der Waals surface area contributed by atoms with E-state index in [1.807, 2.05) is 0 Å². The average Bonchev–Trinajstić information content (AvgIpc) is 2.67. The number of halogens is 1. The molecular weight excluding hydrogens is 505 g/mol. The molecule has 0 amide bonds. The fourth-order valence-corrected chi connectivity index (χ4v) is 4.84. The molecule has 172 valence electrons. The first-order valence-corrected chi connectivity index (χ1v) is 12.4. The molecule has 0 aromatic rings. The molecule has 2 aliphatic rings. The van der Waals surface area contributed by atoms with Gasteiger partial charge in [0.1, 0.15) is 0 Å². The molecule has 0 aliphatic carbocycles. The van der Waals surface area contributed by atoms with E-state index in [9.17, 15) is 8.42 Å². The van der Waals surface area contributed by atoms with Gasteiger partial charge in [0.25, 0.3) is 0 Å². The van der Waals surface area contributed by atoms with Gasteiger partial charge >= 0.3 is 0 Å². The van der Waals surface area contributed by atoms with E-state index in [1.165, 1.54) is 6.26 Å². The fourth-order valence-electron chi connectivity index (χ4n) is 3.97. The molecule has 1 atom stereocenters. The zero-order chi connectivity index (χ0) is 20.6. The highest BCUT2D eigenvalue weighted by Crippen LogP contribution is 2.18. The summed E-state index contributed by atoms with van der Waals surface area (Å²) in [7, 11) is -1.26. The second kappa shape index (κ2) is 13.3. The number of aliphatic imine (C=N–C) groups is 1. The van der Waals surface area contributed by atoms with Gasteiger partial charge in [-0.2, -0.15) is 0 Å². The lowest BCUT2D eigenvalue weighted by atomic mass is 9.98. The monoisotopic (exact) mass is 545 g/mol. The van der Waals surface area contributed by atoms with Crippen molar-refractivity contribution in [3.63, 3.8) is 0 Å². The van der Waals surface area contributed by atoms with Crippen molar-refractivity contribution in [3.8, 4) is 0 Å². The lowest BCUT2D eigenvalue weighted by Gasteiger charge is -2.36. The van der Waals surface area contributed by atoms with Crippen molar-refractivity contribution >= 4 is 40.0 Å². The standard InChI is InChI=1S/C19H39N5O3S.HI/c1-16(2)13-18(23-9-11-27-12-10-23)15-22-19(20-3)21-14-17-5-7-24(8-6-17)28(4,25)26;/h16-18H,5-15H2,1-4H3,(H2,20,21,22);1H. The molecule has 0 saturated carbocycles. The molecule has 2 fully saturated rings. The molecule has 0 bridgehead atoms. The number of nitrogens with zero attached hydrogens (tertiary/aromatic N) is 3. The summed E-state index contributed by atoms with van der Waals surface area (Å²) >= 11 is 0. The average molecular weight is 546 g/mol. The van der Waals surface area contributed by atoms with Crippen molar-refractivity contribution in [1.29, 1.82) is 0 Å². The minimum atomic E-state index is -3.06. The molecule has 2 rings (SSSR count). The van der Waals surface area contributed by atoms with Crippen molar-refractivity contribution in [1.82, 2.24) is 19.8 Å². The first-order chi connectivity index (χ1) is 13.3. The van der Waals surface area contributed by atoms with Crippen LogP contribution >= 0.6 is 24.0 Å². The van der Waals surface area contributed by atoms with E-state index in [-0.39, 0.29) is 24.0 Å². The van der Waals surface area contributed by atoms with Gasteiger partial charge in [-0.1, -0.05) is 13.8 Å². The Hall–Kier alpha value is -0.170. The van der Waals surface area contributed by atoms with E-state index in [2.05, 4.69) is 34.4 Å². The summed E-state index contributed by atoms with van der Waals surface area (Å²) < 4.78 is 30.3. The summed E-state index contributed by atoms with van der Waals surface area (Å²) in [6, 6.07) is 0.473. The molecule has 2 aliphatic heterocycles. The van der Waals surface area contributed by atoms with Crippen LogP contribution < -0.4 is 10.6 Å². The number of piperidine rings is 1. The van der Waals surface area contributed by atoms with Gasteiger partial charge in [-0.15, -0.1) is 24.0 Å². The second-order valence-electron chi connectivity index (χ2n) is 8.37. The van der Waals surface area contributed by atoms with E-state index in [4.69, 9.17) is 4.74 Å². The summed E-state index contributed by atoms with van der Waals surface area (Å²) in [6.07, 6.45) is 4.22. The van der Waals surface area contributed by atoms with Crippen molar-refractivity contribution in [2.24, 2.45) is 16.8 Å². The van der Waals surface area contributed by atoms with Crippen LogP contribution in [0.1, 0.15) is 33.1 Å². The molecule has 10 heteroatoms. The zero-order valence-corrected chi connectivity index (χ0v) is 21.5. The van der Waals surface area contributed by atoms with Crippen molar-refractivity contribution in [3.05, 3.63) is 0 Å². The van der Waals surface area contributed by atoms with Gasteiger partial charge in [-0.3, -0.25) is 9.89 Å². The minimum absolute atomic E-state index is 0. The number of guanidine groups is 1. The molecular formula is C19H40IN5O3S. The Balaban J connectivity index is 0.00000420. The maximum Gasteiger partial charge on any atom is 0.211 e. The Kier molecular flexibility index (Phi) is 12.3. The Morgan fingerprint density at radius 2 is 1.76 bits per heavy atom. The van der Waals surface area contributed by atoms with E-state index >= 15 is 0 Å². The first-order valence-electron chi connectivity index (χ1n) is 10.5. The Morgan fingerprint density at radius 3 is 2.28 bits per heavy atom. The molecule has 2 heterocycles. The largest absolute Gasteiger partial charge is 0.379 e. The summed E-state index contributed by atoms with van der Waals surface area (Å²) in [4.78, 5) is 6.89. The second-order valence-corrected chi connectivity index (χ2v) is 10.4. The van der Waals surface area contributed by atoms with E-state index in [1.54, 1.807) is 11.4 Å². The number of nitrogens with one attached hydrogen (secondary N) is 2. The third-order valence-electron chi connectivity index (χ3n) is 5.63. The van der Waals surface area contributed by atoms with Crippen molar-refractivity contribution < 1.29 is 13.2 Å². The predicted octanol–water partition coefficient (Wildman–Crippen LogP) is 1.19. The topological polar surface area (TPSA) is 86.3 Å². The van der Waals surface area contributed by atoms with Crippen LogP contribution in [-0.2, 0) is 14.8 Å². The lowest BCUT2D eigenvalue weighted by Crippen LogP contribution is -2.51. The van der Waals surface area contributed by atoms with E-state index in [0.29, 0.717) is 31.0 Å². The Labute approximate surface area is 194 Å². The van der Waals surface area contributed by atoms with Gasteiger partial charge in [0, 0.05) is 52.4 Å². The molecule has 29 heavy (non-hydrogen) atoms. The highest BCUT2D eigenvalue weighted by atomic mass is 127. The zero-order valence-electron chi connectivity index (χ0n) is 18.4. The molecule has 1 unspecified atom stereocenters. The van der Waals surface area contributed by atoms with Gasteiger partial charge in [-0.05, 0) is 31.1 Å². The highest BCUT2D eigenvalue weighted by molar-refractivity contribution is 14.0. The molecule has 0 radical (unpaired) electrons. The SMILES string of the molecule is CN=C(NCC1CCN(S(C)(=O)=O)CC1)NCC(CC(C)C)N1CCOCC1.I. The molecule has 8 nitrogen and oxygen atoms in total. The molecule has 2 N–H and O–H groups in total. The van der Waals surface area contributed by atoms with Crippen LogP contribution in [0.25, 0.3) is 0 Å². The third kappa shape index (κ3) is 9.67. The Bertz CT molecular complexity index is 589. The number of ether oxygens (including phenoxy) is 1. The van der Waals surface area contributed by atoms with Crippen LogP contribution in [0.2, 0.25) is 0 Å². The molecule has 2 saturated heterocycles. The Morgan fingerprint density at radius 1 is 1.14 bits per heavy atom. The maximum atomic E-state index is 11.6. The number of morpholine rings is 1. The molecule has 0 aromatic heterocycles. The fraction of sp³-hybridized carbons (Fsp3) is 0.947. The maximum absolute atomic E-state index is 11.6. The van der Waals surface area contributed by atoms with Gasteiger partial charge in [0.05, 0.1) is 19.5 Å². The smallest absolute Gasteiger partial charge is 0.211 e. The third-order valence-corrected chi connectivity index (χ3v) is 6.94. The first kappa shape index (κ1) is 26.9. The van der Waals surface area contributed by atoms with Crippen molar-refractivity contribution in [2.75, 3.05) is 65.8 Å². The van der Waals surface area contributed by atoms with Crippen LogP contribution in [0.3, 0.4) is 0 Å². The number of hydrogen-bond donors (Lipinski definition) is 2. The van der Waals surface area contributed by atoms with Crippen LogP contribution in [0.15, 0.2) is 4.99 Å². The van der Waals surface area contributed by atoms with E-state index in [0.717, 1.165) is 64.6 Å². The van der Waals surface area contributed by atoms with Crippen molar-refractivity contribution in [2.45, 2.75) is 39.2 Å². The van der Waals surface area contributed by atoms with Gasteiger partial charge in [-0.25, -0.2) is 12.7 Å². The van der Waals surface area contributed by atoms with Gasteiger partial charge < -0.3 is 15.4 Å². The molecule has 0 aromatic carbocycles. The number of rotatable bonds is 8. The lowest BCUT2D eigenvalue weighted by molar-refractivity contribution is 0.0132. The van der Waals surface area contributed by atoms with Crippen LogP contribution in [0.4, 0.5) is 0 Å². The van der Waals surface area contributed by atoms with Crippen LogP contribution in [0.5, 0.6) is 0 Å². The predicted molar refractivity (Wildman–Crippen MR) is 130 cm³/mol. The summed E-state index contributed by atoms with van der Waals surface area (Å²) in [6.45, 7) is 11.1. The van der Waals surface area contributed by atoms with Gasteiger partial charge in [0.15, 0.2) is 5.96 Å². The number of sulfonamides is 1. The number of hydrogen-bond acceptors (Lipinski definition) is 5. The quantitative estimate of drug-likeness (QED) is 0.271. The van der Waals surface area contributed by atoms with Crippen LogP contribution in [0, 0.1) is 11.8 Å². The highest BCUT2D eigenvalue weighted by Gasteiger charge is 2.25. The normalized spacial score (nSPS) is 21.6. The van der Waals surface area contributed by atoms with Crippen LogP contribution in [-0.4, -0.2) is 95.4 Å². The summed E-state index contributed by atoms with van der Waals surface area (Å²) in [5.74, 6) is 1.94. The minimum Gasteiger partial charge on any atom is -0.379 e. The van der Waals surface area contributed by atoms with E-state index < -0.39 is 10.0 Å². The van der Waals surface area contributed by atoms with Gasteiger partial charge in [0.2, 0.25) is 10.0 Å².